The van der Waals surface area contributed by atoms with Gasteiger partial charge in [-0.2, -0.15) is 0 Å². The van der Waals surface area contributed by atoms with E-state index in [-0.39, 0.29) is 24.2 Å². The van der Waals surface area contributed by atoms with Gasteiger partial charge in [0.2, 0.25) is 5.91 Å². The van der Waals surface area contributed by atoms with Gasteiger partial charge in [0.05, 0.1) is 23.9 Å². The Morgan fingerprint density at radius 1 is 1.21 bits per heavy atom. The first-order valence-corrected chi connectivity index (χ1v) is 11.4. The fourth-order valence-electron chi connectivity index (χ4n) is 4.40. The molecule has 2 saturated heterocycles. The van der Waals surface area contributed by atoms with Crippen molar-refractivity contribution < 1.29 is 9.53 Å². The number of ether oxygens (including phenoxy) is 1. The van der Waals surface area contributed by atoms with Crippen LogP contribution in [-0.4, -0.2) is 58.6 Å². The third kappa shape index (κ3) is 5.42. The number of hydrogen-bond acceptors (Lipinski definition) is 6. The van der Waals surface area contributed by atoms with Crippen molar-refractivity contribution in [3.8, 4) is 0 Å². The average Bonchev–Trinajstić information content (AvgIpc) is 3.31. The first-order valence-electron chi connectivity index (χ1n) is 10.5. The largest absolute Gasteiger partial charge is 0.373 e. The van der Waals surface area contributed by atoms with Crippen molar-refractivity contribution in [3.63, 3.8) is 0 Å². The minimum absolute atomic E-state index is 0.0629. The highest BCUT2D eigenvalue weighted by molar-refractivity contribution is 7.13. The van der Waals surface area contributed by atoms with E-state index in [1.54, 1.807) is 0 Å². The van der Waals surface area contributed by atoms with E-state index >= 15 is 0 Å². The molecular formula is C22H30N4O2S. The van der Waals surface area contributed by atoms with E-state index in [1.807, 2.05) is 18.2 Å². The van der Waals surface area contributed by atoms with Crippen LogP contribution in [0.4, 0.5) is 5.13 Å². The number of nitrogens with one attached hydrogen (secondary N) is 1. The van der Waals surface area contributed by atoms with E-state index in [9.17, 15) is 4.79 Å². The summed E-state index contributed by atoms with van der Waals surface area (Å²) in [6, 6.07) is 10.3. The van der Waals surface area contributed by atoms with Gasteiger partial charge >= 0.3 is 0 Å². The minimum Gasteiger partial charge on any atom is -0.373 e. The van der Waals surface area contributed by atoms with E-state index in [0.29, 0.717) is 5.13 Å². The second kappa shape index (κ2) is 9.34. The summed E-state index contributed by atoms with van der Waals surface area (Å²) in [6.07, 6.45) is 2.45. The Bertz CT molecular complexity index is 802. The number of anilines is 1. The van der Waals surface area contributed by atoms with Crippen molar-refractivity contribution in [1.29, 1.82) is 0 Å². The summed E-state index contributed by atoms with van der Waals surface area (Å²) in [7, 11) is 0. The number of carbonyl (C=O) groups is 1. The minimum atomic E-state index is -0.0801. The standard InChI is InChI=1S/C22H30N4O2S/c1-16-11-25(12-17(2)28-16)14-19-15-29-22(23-19)24-21(27)20-9-6-10-26(20)13-18-7-4-3-5-8-18/h3-5,7-8,15-17,20H,6,9-14H2,1-2H3,(H,23,24,27). The van der Waals surface area contributed by atoms with Gasteiger partial charge in [-0.3, -0.25) is 14.6 Å². The molecule has 2 aromatic rings. The van der Waals surface area contributed by atoms with Crippen molar-refractivity contribution in [2.75, 3.05) is 25.0 Å². The van der Waals surface area contributed by atoms with Crippen LogP contribution in [0.2, 0.25) is 0 Å². The zero-order valence-electron chi connectivity index (χ0n) is 17.2. The number of hydrogen-bond donors (Lipinski definition) is 1. The molecule has 3 atom stereocenters. The number of carbonyl (C=O) groups excluding carboxylic acids is 1. The quantitative estimate of drug-likeness (QED) is 0.786. The van der Waals surface area contributed by atoms with Crippen molar-refractivity contribution >= 4 is 22.4 Å². The third-order valence-corrected chi connectivity index (χ3v) is 6.36. The Morgan fingerprint density at radius 3 is 2.72 bits per heavy atom. The molecule has 2 aliphatic rings. The molecule has 156 valence electrons. The lowest BCUT2D eigenvalue weighted by Gasteiger charge is -2.34. The highest BCUT2D eigenvalue weighted by Gasteiger charge is 2.31. The molecule has 0 bridgehead atoms. The number of rotatable bonds is 6. The summed E-state index contributed by atoms with van der Waals surface area (Å²) in [5, 5.41) is 5.81. The summed E-state index contributed by atoms with van der Waals surface area (Å²) in [6.45, 7) is 8.63. The van der Waals surface area contributed by atoms with E-state index < -0.39 is 0 Å². The topological polar surface area (TPSA) is 57.7 Å². The van der Waals surface area contributed by atoms with Crippen LogP contribution in [0, 0.1) is 0 Å². The molecule has 6 nitrogen and oxygen atoms in total. The van der Waals surface area contributed by atoms with Gasteiger partial charge < -0.3 is 10.1 Å². The average molecular weight is 415 g/mol. The highest BCUT2D eigenvalue weighted by Crippen LogP contribution is 2.24. The summed E-state index contributed by atoms with van der Waals surface area (Å²) < 4.78 is 5.80. The van der Waals surface area contributed by atoms with Gasteiger partial charge in [-0.25, -0.2) is 4.98 Å². The first kappa shape index (κ1) is 20.5. The fourth-order valence-corrected chi connectivity index (χ4v) is 5.10. The maximum absolute atomic E-state index is 12.9. The summed E-state index contributed by atoms with van der Waals surface area (Å²) in [4.78, 5) is 22.2. The zero-order valence-corrected chi connectivity index (χ0v) is 18.0. The molecule has 2 fully saturated rings. The number of amides is 1. The second-order valence-electron chi connectivity index (χ2n) is 8.20. The van der Waals surface area contributed by atoms with Crippen molar-refractivity contribution in [2.24, 2.45) is 0 Å². The van der Waals surface area contributed by atoms with Crippen LogP contribution in [0.3, 0.4) is 0 Å². The molecule has 7 heteroatoms. The molecule has 3 unspecified atom stereocenters. The Kier molecular flexibility index (Phi) is 6.60. The number of aromatic nitrogens is 1. The van der Waals surface area contributed by atoms with E-state index in [1.165, 1.54) is 16.9 Å². The molecule has 29 heavy (non-hydrogen) atoms. The fraction of sp³-hybridized carbons (Fsp3) is 0.545. The second-order valence-corrected chi connectivity index (χ2v) is 9.06. The van der Waals surface area contributed by atoms with E-state index in [2.05, 4.69) is 51.5 Å². The van der Waals surface area contributed by atoms with Gasteiger partial charge in [-0.15, -0.1) is 11.3 Å². The number of benzene rings is 1. The zero-order chi connectivity index (χ0) is 20.2. The number of morpholine rings is 1. The Labute approximate surface area is 176 Å². The maximum Gasteiger partial charge on any atom is 0.243 e. The Balaban J connectivity index is 1.32. The lowest BCUT2D eigenvalue weighted by atomic mass is 10.1. The van der Waals surface area contributed by atoms with Crippen LogP contribution in [0.1, 0.15) is 37.9 Å². The summed E-state index contributed by atoms with van der Waals surface area (Å²) in [5.41, 5.74) is 2.26. The highest BCUT2D eigenvalue weighted by atomic mass is 32.1. The van der Waals surface area contributed by atoms with Gasteiger partial charge in [0.25, 0.3) is 0 Å². The predicted octanol–water partition coefficient (Wildman–Crippen LogP) is 3.36. The summed E-state index contributed by atoms with van der Waals surface area (Å²) in [5.74, 6) is 0.0629. The molecule has 4 rings (SSSR count). The molecule has 0 radical (unpaired) electrons. The Hall–Kier alpha value is -1.80. The SMILES string of the molecule is CC1CN(Cc2csc(NC(=O)C3CCCN3Cc3ccccc3)n2)CC(C)O1. The molecule has 2 aliphatic heterocycles. The van der Waals surface area contributed by atoms with Crippen molar-refractivity contribution in [2.45, 2.75) is 58.0 Å². The number of likely N-dealkylation sites (tertiary alicyclic amines) is 1. The van der Waals surface area contributed by atoms with Gasteiger partial charge in [0.15, 0.2) is 5.13 Å². The van der Waals surface area contributed by atoms with Crippen LogP contribution in [0.15, 0.2) is 35.7 Å². The van der Waals surface area contributed by atoms with Gasteiger partial charge in [0, 0.05) is 31.6 Å². The van der Waals surface area contributed by atoms with Gasteiger partial charge in [-0.05, 0) is 38.8 Å². The van der Waals surface area contributed by atoms with Crippen molar-refractivity contribution in [1.82, 2.24) is 14.8 Å². The molecular weight excluding hydrogens is 384 g/mol. The van der Waals surface area contributed by atoms with Crippen LogP contribution in [-0.2, 0) is 22.6 Å². The van der Waals surface area contributed by atoms with Crippen molar-refractivity contribution in [3.05, 3.63) is 47.0 Å². The molecule has 0 spiro atoms. The first-order chi connectivity index (χ1) is 14.1. The lowest BCUT2D eigenvalue weighted by Crippen LogP contribution is -2.44. The lowest BCUT2D eigenvalue weighted by molar-refractivity contribution is -0.120. The van der Waals surface area contributed by atoms with Crippen LogP contribution < -0.4 is 5.32 Å². The molecule has 3 heterocycles. The smallest absolute Gasteiger partial charge is 0.243 e. The van der Waals surface area contributed by atoms with Crippen LogP contribution in [0.5, 0.6) is 0 Å². The molecule has 0 saturated carbocycles. The summed E-state index contributed by atoms with van der Waals surface area (Å²) >= 11 is 1.51. The van der Waals surface area contributed by atoms with Gasteiger partial charge in [-0.1, -0.05) is 30.3 Å². The molecule has 1 amide bonds. The normalized spacial score (nSPS) is 25.9. The maximum atomic E-state index is 12.9. The molecule has 0 aliphatic carbocycles. The molecule has 1 aromatic heterocycles. The van der Waals surface area contributed by atoms with Crippen LogP contribution in [0.25, 0.3) is 0 Å². The Morgan fingerprint density at radius 2 is 1.97 bits per heavy atom. The monoisotopic (exact) mass is 414 g/mol. The third-order valence-electron chi connectivity index (χ3n) is 5.56. The molecule has 1 N–H and O–H groups in total. The van der Waals surface area contributed by atoms with Crippen LogP contribution >= 0.6 is 11.3 Å². The van der Waals surface area contributed by atoms with E-state index in [4.69, 9.17) is 4.74 Å². The number of nitrogens with zero attached hydrogens (tertiary/aromatic N) is 3. The number of thiazole rings is 1. The van der Waals surface area contributed by atoms with Gasteiger partial charge in [0.1, 0.15) is 0 Å². The molecule has 1 aromatic carbocycles. The predicted molar refractivity (Wildman–Crippen MR) is 116 cm³/mol. The van der Waals surface area contributed by atoms with E-state index in [0.717, 1.165) is 51.3 Å².